The Hall–Kier alpha value is -2.77. The van der Waals surface area contributed by atoms with Gasteiger partial charge in [-0.15, -0.1) is 11.3 Å². The van der Waals surface area contributed by atoms with Crippen LogP contribution in [0.15, 0.2) is 76.7 Å². The van der Waals surface area contributed by atoms with Crippen molar-refractivity contribution in [2.75, 3.05) is 5.32 Å². The van der Waals surface area contributed by atoms with E-state index in [0.29, 0.717) is 17.3 Å². The molecule has 0 atom stereocenters. The van der Waals surface area contributed by atoms with Gasteiger partial charge >= 0.3 is 0 Å². The van der Waals surface area contributed by atoms with Gasteiger partial charge in [0, 0.05) is 22.1 Å². The van der Waals surface area contributed by atoms with E-state index in [1.807, 2.05) is 29.6 Å². The summed E-state index contributed by atoms with van der Waals surface area (Å²) in [7, 11) is 0. The first-order valence-corrected chi connectivity index (χ1v) is 10.7. The maximum absolute atomic E-state index is 13.1. The highest BCUT2D eigenvalue weighted by atomic mass is 79.9. The number of anilines is 2. The minimum atomic E-state index is -0.311. The van der Waals surface area contributed by atoms with E-state index in [0.717, 1.165) is 28.1 Å². The highest BCUT2D eigenvalue weighted by Gasteiger charge is 2.11. The Balaban J connectivity index is 1.46. The number of aryl methyl sites for hydroxylation is 2. The van der Waals surface area contributed by atoms with Crippen LogP contribution in [0.3, 0.4) is 0 Å². The minimum Gasteiger partial charge on any atom is -0.453 e. The highest BCUT2D eigenvalue weighted by molar-refractivity contribution is 9.10. The average Bonchev–Trinajstić information content (AvgIpc) is 3.18. The fourth-order valence-electron chi connectivity index (χ4n) is 2.72. The lowest BCUT2D eigenvalue weighted by Gasteiger charge is -2.11. The number of pyridine rings is 1. The zero-order valence-electron chi connectivity index (χ0n) is 15.3. The molecular weight excluding hydrogens is 453 g/mol. The minimum absolute atomic E-state index is 0.311. The van der Waals surface area contributed by atoms with Crippen molar-refractivity contribution in [3.05, 3.63) is 93.8 Å². The molecule has 2 heterocycles. The van der Waals surface area contributed by atoms with Crippen molar-refractivity contribution in [1.82, 2.24) is 9.97 Å². The Labute approximate surface area is 180 Å². The molecule has 4 aromatic rings. The van der Waals surface area contributed by atoms with Crippen LogP contribution in [0.1, 0.15) is 11.3 Å². The molecule has 0 aliphatic rings. The molecule has 0 amide bonds. The van der Waals surface area contributed by atoms with Gasteiger partial charge < -0.3 is 10.1 Å². The Morgan fingerprint density at radius 1 is 1.03 bits per heavy atom. The fourth-order valence-corrected chi connectivity index (χ4v) is 3.77. The number of ether oxygens (including phenoxy) is 1. The van der Waals surface area contributed by atoms with Crippen LogP contribution in [0, 0.1) is 5.82 Å². The average molecular weight is 470 g/mol. The summed E-state index contributed by atoms with van der Waals surface area (Å²) in [5, 5.41) is 6.02. The molecule has 29 heavy (non-hydrogen) atoms. The van der Waals surface area contributed by atoms with Gasteiger partial charge in [0.05, 0.1) is 5.69 Å². The van der Waals surface area contributed by atoms with Gasteiger partial charge in [-0.05, 0) is 58.6 Å². The number of hydrogen-bond donors (Lipinski definition) is 1. The predicted octanol–water partition coefficient (Wildman–Crippen LogP) is 6.76. The van der Waals surface area contributed by atoms with Gasteiger partial charge in [-0.1, -0.05) is 30.3 Å². The number of hydrogen-bond acceptors (Lipinski definition) is 5. The van der Waals surface area contributed by atoms with E-state index in [9.17, 15) is 4.39 Å². The van der Waals surface area contributed by atoms with Crippen LogP contribution in [-0.4, -0.2) is 9.97 Å². The van der Waals surface area contributed by atoms with Crippen LogP contribution in [0.2, 0.25) is 0 Å². The fraction of sp³-hybridized carbons (Fsp3) is 0.0909. The topological polar surface area (TPSA) is 47.0 Å². The Morgan fingerprint density at radius 2 is 1.83 bits per heavy atom. The van der Waals surface area contributed by atoms with Crippen molar-refractivity contribution in [1.29, 1.82) is 0 Å². The van der Waals surface area contributed by atoms with Gasteiger partial charge in [-0.3, -0.25) is 0 Å². The Bertz CT molecular complexity index is 1090. The Morgan fingerprint density at radius 3 is 2.62 bits per heavy atom. The molecule has 146 valence electrons. The molecule has 0 bridgehead atoms. The molecule has 0 saturated carbocycles. The lowest BCUT2D eigenvalue weighted by Crippen LogP contribution is -1.98. The third-order valence-corrected chi connectivity index (χ3v) is 5.39. The van der Waals surface area contributed by atoms with Crippen molar-refractivity contribution in [3.8, 4) is 11.5 Å². The summed E-state index contributed by atoms with van der Waals surface area (Å²) in [6.07, 6.45) is 3.50. The summed E-state index contributed by atoms with van der Waals surface area (Å²) in [5.41, 5.74) is 2.32. The van der Waals surface area contributed by atoms with E-state index in [4.69, 9.17) is 4.74 Å². The van der Waals surface area contributed by atoms with Crippen LogP contribution in [-0.2, 0) is 12.8 Å². The summed E-state index contributed by atoms with van der Waals surface area (Å²) in [6, 6.07) is 18.0. The number of benzene rings is 2. The lowest BCUT2D eigenvalue weighted by molar-refractivity contribution is 0.480. The van der Waals surface area contributed by atoms with E-state index in [2.05, 4.69) is 43.3 Å². The van der Waals surface area contributed by atoms with Gasteiger partial charge in [0.25, 0.3) is 0 Å². The van der Waals surface area contributed by atoms with Crippen molar-refractivity contribution < 1.29 is 9.13 Å². The number of nitrogens with one attached hydrogen (secondary N) is 1. The molecule has 0 radical (unpaired) electrons. The number of rotatable bonds is 7. The van der Waals surface area contributed by atoms with Crippen LogP contribution < -0.4 is 10.1 Å². The van der Waals surface area contributed by atoms with Crippen LogP contribution >= 0.6 is 27.3 Å². The second kappa shape index (κ2) is 9.15. The van der Waals surface area contributed by atoms with Crippen molar-refractivity contribution in [2.45, 2.75) is 12.8 Å². The van der Waals surface area contributed by atoms with Gasteiger partial charge in [-0.2, -0.15) is 0 Å². The largest absolute Gasteiger partial charge is 0.453 e. The maximum atomic E-state index is 13.1. The molecule has 0 aliphatic carbocycles. The summed E-state index contributed by atoms with van der Waals surface area (Å²) in [6.45, 7) is 0. The quantitative estimate of drug-likeness (QED) is 0.324. The molecule has 4 nitrogen and oxygen atoms in total. The molecule has 4 rings (SSSR count). The zero-order valence-corrected chi connectivity index (χ0v) is 17.7. The third-order valence-electron chi connectivity index (χ3n) is 4.15. The van der Waals surface area contributed by atoms with Crippen LogP contribution in [0.4, 0.5) is 15.3 Å². The maximum Gasteiger partial charge on any atom is 0.188 e. The second-order valence-electron chi connectivity index (χ2n) is 6.31. The highest BCUT2D eigenvalue weighted by Crippen LogP contribution is 2.33. The van der Waals surface area contributed by atoms with Crippen molar-refractivity contribution >= 4 is 38.2 Å². The van der Waals surface area contributed by atoms with E-state index in [1.165, 1.54) is 29.0 Å². The Kier molecular flexibility index (Phi) is 6.17. The zero-order chi connectivity index (χ0) is 20.1. The molecule has 2 aromatic heterocycles. The van der Waals surface area contributed by atoms with Crippen LogP contribution in [0.5, 0.6) is 11.5 Å². The standard InChI is InChI=1S/C22H17BrFN3OS/c23-16-12-20(28-19-10-7-17(24)8-11-19)21(25-13-16)27-22-26-18(14-29-22)9-6-15-4-2-1-3-5-15/h1-5,7-8,10-14H,6,9H2,(H,25,26,27). The number of nitrogens with zero attached hydrogens (tertiary/aromatic N) is 2. The van der Waals surface area contributed by atoms with E-state index >= 15 is 0 Å². The molecule has 1 N–H and O–H groups in total. The van der Waals surface area contributed by atoms with Gasteiger partial charge in [0.2, 0.25) is 0 Å². The molecule has 0 spiro atoms. The molecule has 2 aromatic carbocycles. The van der Waals surface area contributed by atoms with Crippen molar-refractivity contribution in [2.24, 2.45) is 0 Å². The number of thiazole rings is 1. The third kappa shape index (κ3) is 5.40. The summed E-state index contributed by atoms with van der Waals surface area (Å²) in [4.78, 5) is 9.05. The molecule has 0 fully saturated rings. The van der Waals surface area contributed by atoms with Gasteiger partial charge in [0.15, 0.2) is 16.7 Å². The van der Waals surface area contributed by atoms with E-state index in [1.54, 1.807) is 18.3 Å². The molecule has 7 heteroatoms. The summed E-state index contributed by atoms with van der Waals surface area (Å²) in [5.74, 6) is 1.28. The van der Waals surface area contributed by atoms with E-state index in [-0.39, 0.29) is 5.82 Å². The van der Waals surface area contributed by atoms with E-state index < -0.39 is 0 Å². The van der Waals surface area contributed by atoms with Gasteiger partial charge in [-0.25, -0.2) is 14.4 Å². The number of halogens is 2. The molecular formula is C22H17BrFN3OS. The summed E-state index contributed by atoms with van der Waals surface area (Å²) < 4.78 is 19.8. The van der Waals surface area contributed by atoms with Crippen LogP contribution in [0.25, 0.3) is 0 Å². The number of aromatic nitrogens is 2. The monoisotopic (exact) mass is 469 g/mol. The molecule has 0 saturated heterocycles. The smallest absolute Gasteiger partial charge is 0.188 e. The predicted molar refractivity (Wildman–Crippen MR) is 118 cm³/mol. The SMILES string of the molecule is Fc1ccc(Oc2cc(Br)cnc2Nc2nc(CCc3ccccc3)cs2)cc1. The van der Waals surface area contributed by atoms with Crippen molar-refractivity contribution in [3.63, 3.8) is 0 Å². The first kappa shape index (κ1) is 19.5. The summed E-state index contributed by atoms with van der Waals surface area (Å²) >= 11 is 4.93. The lowest BCUT2D eigenvalue weighted by atomic mass is 10.1. The molecule has 0 aliphatic heterocycles. The normalized spacial score (nSPS) is 10.7. The second-order valence-corrected chi connectivity index (χ2v) is 8.08. The molecule has 0 unspecified atom stereocenters. The first-order valence-electron chi connectivity index (χ1n) is 9.00. The first-order chi connectivity index (χ1) is 14.2. The van der Waals surface area contributed by atoms with Gasteiger partial charge in [0.1, 0.15) is 11.6 Å².